The lowest BCUT2D eigenvalue weighted by Crippen LogP contribution is -2.50. The van der Waals surface area contributed by atoms with Gasteiger partial charge in [-0.3, -0.25) is 4.99 Å². The number of hydrogen-bond donors (Lipinski definition) is 2. The van der Waals surface area contributed by atoms with Crippen LogP contribution in [0.2, 0.25) is 5.02 Å². The van der Waals surface area contributed by atoms with Crippen LogP contribution in [0.15, 0.2) is 29.3 Å². The summed E-state index contributed by atoms with van der Waals surface area (Å²) in [5, 5.41) is 7.32. The van der Waals surface area contributed by atoms with E-state index in [-0.39, 0.29) is 41.9 Å². The Bertz CT molecular complexity index is 740. The van der Waals surface area contributed by atoms with Crippen LogP contribution in [0.25, 0.3) is 0 Å². The van der Waals surface area contributed by atoms with Gasteiger partial charge in [-0.15, -0.1) is 24.0 Å². The molecule has 160 valence electrons. The average Bonchev–Trinajstić information content (AvgIpc) is 2.68. The van der Waals surface area contributed by atoms with E-state index in [1.54, 1.807) is 25.4 Å². The van der Waals surface area contributed by atoms with Gasteiger partial charge in [-0.1, -0.05) is 23.7 Å². The minimum atomic E-state index is -3.11. The number of ether oxygens (including phenoxy) is 1. The zero-order chi connectivity index (χ0) is 19.9. The summed E-state index contributed by atoms with van der Waals surface area (Å²) in [6.07, 6.45) is 1.35. The monoisotopic (exact) mass is 544 g/mol. The van der Waals surface area contributed by atoms with E-state index in [1.807, 2.05) is 24.3 Å². The zero-order valence-electron chi connectivity index (χ0n) is 16.5. The van der Waals surface area contributed by atoms with Crippen LogP contribution in [-0.2, 0) is 14.8 Å². The molecular formula is C18H30ClIN4O3S. The first-order valence-electron chi connectivity index (χ1n) is 9.12. The standard InChI is InChI=1S/C18H29ClN4O3S.HI/c1-4-27(24,25)23-10-8-16(9-11-23)22-18(20-2)21-13-17(26-3)14-6-5-7-15(19)12-14;/h5-7,12,16-17H,4,8-11,13H2,1-3H3,(H2,20,21,22);1H. The van der Waals surface area contributed by atoms with Crippen LogP contribution in [-0.4, -0.2) is 64.3 Å². The second kappa shape index (κ2) is 12.2. The van der Waals surface area contributed by atoms with Crippen LogP contribution in [0.4, 0.5) is 0 Å². The molecule has 1 aromatic carbocycles. The van der Waals surface area contributed by atoms with Crippen LogP contribution in [0.1, 0.15) is 31.4 Å². The van der Waals surface area contributed by atoms with Gasteiger partial charge in [-0.25, -0.2) is 12.7 Å². The van der Waals surface area contributed by atoms with E-state index >= 15 is 0 Å². The summed E-state index contributed by atoms with van der Waals surface area (Å²) in [5.74, 6) is 0.826. The van der Waals surface area contributed by atoms with E-state index in [9.17, 15) is 8.42 Å². The van der Waals surface area contributed by atoms with Crippen LogP contribution in [0.5, 0.6) is 0 Å². The fourth-order valence-corrected chi connectivity index (χ4v) is 4.41. The fraction of sp³-hybridized carbons (Fsp3) is 0.611. The van der Waals surface area contributed by atoms with Gasteiger partial charge in [0, 0.05) is 44.9 Å². The number of guanidine groups is 1. The highest BCUT2D eigenvalue weighted by Gasteiger charge is 2.27. The Morgan fingerprint density at radius 3 is 2.61 bits per heavy atom. The summed E-state index contributed by atoms with van der Waals surface area (Å²) in [6, 6.07) is 7.78. The predicted octanol–water partition coefficient (Wildman–Crippen LogP) is 2.62. The smallest absolute Gasteiger partial charge is 0.213 e. The Hall–Kier alpha value is -0.620. The number of methoxy groups -OCH3 is 1. The number of halogens is 2. The Labute approximate surface area is 190 Å². The molecule has 0 saturated carbocycles. The third-order valence-electron chi connectivity index (χ3n) is 4.74. The van der Waals surface area contributed by atoms with Crippen molar-refractivity contribution in [2.75, 3.05) is 39.5 Å². The number of benzene rings is 1. The maximum absolute atomic E-state index is 12.0. The minimum Gasteiger partial charge on any atom is -0.375 e. The molecule has 1 heterocycles. The van der Waals surface area contributed by atoms with Gasteiger partial charge in [0.15, 0.2) is 5.96 Å². The van der Waals surface area contributed by atoms with Crippen LogP contribution >= 0.6 is 35.6 Å². The molecule has 1 fully saturated rings. The molecule has 28 heavy (non-hydrogen) atoms. The molecule has 1 aromatic rings. The summed E-state index contributed by atoms with van der Waals surface area (Å²) in [7, 11) is 0.270. The normalized spacial score (nSPS) is 17.6. The first-order chi connectivity index (χ1) is 12.9. The minimum absolute atomic E-state index is 0. The van der Waals surface area contributed by atoms with Crippen molar-refractivity contribution < 1.29 is 13.2 Å². The van der Waals surface area contributed by atoms with E-state index in [0.29, 0.717) is 30.6 Å². The second-order valence-corrected chi connectivity index (χ2v) is 9.14. The van der Waals surface area contributed by atoms with Crippen molar-refractivity contribution in [3.8, 4) is 0 Å². The van der Waals surface area contributed by atoms with Gasteiger partial charge in [0.1, 0.15) is 0 Å². The third kappa shape index (κ3) is 7.33. The molecule has 1 aliphatic rings. The topological polar surface area (TPSA) is 83.0 Å². The Kier molecular flexibility index (Phi) is 11.0. The number of rotatable bonds is 7. The molecular weight excluding hydrogens is 515 g/mol. The van der Waals surface area contributed by atoms with Crippen molar-refractivity contribution in [2.24, 2.45) is 4.99 Å². The molecule has 1 saturated heterocycles. The molecule has 0 aliphatic carbocycles. The van der Waals surface area contributed by atoms with Gasteiger partial charge in [-0.2, -0.15) is 0 Å². The largest absolute Gasteiger partial charge is 0.375 e. The zero-order valence-corrected chi connectivity index (χ0v) is 20.4. The summed E-state index contributed by atoms with van der Waals surface area (Å²) in [4.78, 5) is 4.26. The van der Waals surface area contributed by atoms with Gasteiger partial charge >= 0.3 is 0 Å². The summed E-state index contributed by atoms with van der Waals surface area (Å²) >= 11 is 6.06. The van der Waals surface area contributed by atoms with Crippen molar-refractivity contribution in [3.63, 3.8) is 0 Å². The molecule has 2 rings (SSSR count). The summed E-state index contributed by atoms with van der Waals surface area (Å²) in [6.45, 7) is 3.29. The van der Waals surface area contributed by atoms with Gasteiger partial charge in [0.05, 0.1) is 11.9 Å². The second-order valence-electron chi connectivity index (χ2n) is 6.45. The molecule has 1 unspecified atom stereocenters. The number of hydrogen-bond acceptors (Lipinski definition) is 4. The van der Waals surface area contributed by atoms with Crippen LogP contribution in [0.3, 0.4) is 0 Å². The lowest BCUT2D eigenvalue weighted by Gasteiger charge is -2.32. The van der Waals surface area contributed by atoms with Gasteiger partial charge < -0.3 is 15.4 Å². The van der Waals surface area contributed by atoms with E-state index in [1.165, 1.54) is 0 Å². The highest BCUT2D eigenvalue weighted by Crippen LogP contribution is 2.20. The summed E-state index contributed by atoms with van der Waals surface area (Å²) < 4.78 is 31.0. The first kappa shape index (κ1) is 25.4. The van der Waals surface area contributed by atoms with Crippen molar-refractivity contribution in [1.82, 2.24) is 14.9 Å². The molecule has 0 spiro atoms. The van der Waals surface area contributed by atoms with Gasteiger partial charge in [0.2, 0.25) is 10.0 Å². The molecule has 10 heteroatoms. The SMILES string of the molecule is CCS(=O)(=O)N1CCC(NC(=NC)NCC(OC)c2cccc(Cl)c2)CC1.I. The molecule has 2 N–H and O–H groups in total. The Morgan fingerprint density at radius 2 is 2.07 bits per heavy atom. The van der Waals surface area contributed by atoms with Crippen LogP contribution in [0, 0.1) is 0 Å². The summed E-state index contributed by atoms with van der Waals surface area (Å²) in [5.41, 5.74) is 0.992. The van der Waals surface area contributed by atoms with Gasteiger partial charge in [0.25, 0.3) is 0 Å². The van der Waals surface area contributed by atoms with Crippen molar-refractivity contribution >= 4 is 51.6 Å². The van der Waals surface area contributed by atoms with Crippen molar-refractivity contribution in [3.05, 3.63) is 34.9 Å². The molecule has 1 aliphatic heterocycles. The number of nitrogens with one attached hydrogen (secondary N) is 2. The average molecular weight is 545 g/mol. The molecule has 1 atom stereocenters. The Morgan fingerprint density at radius 1 is 1.39 bits per heavy atom. The van der Waals surface area contributed by atoms with E-state index in [0.717, 1.165) is 18.4 Å². The number of nitrogens with zero attached hydrogens (tertiary/aromatic N) is 2. The molecule has 0 radical (unpaired) electrons. The highest BCUT2D eigenvalue weighted by molar-refractivity contribution is 14.0. The molecule has 7 nitrogen and oxygen atoms in total. The van der Waals surface area contributed by atoms with Crippen molar-refractivity contribution in [2.45, 2.75) is 31.9 Å². The van der Waals surface area contributed by atoms with Crippen LogP contribution < -0.4 is 10.6 Å². The quantitative estimate of drug-likeness (QED) is 0.313. The third-order valence-corrected chi connectivity index (χ3v) is 6.85. The lowest BCUT2D eigenvalue weighted by molar-refractivity contribution is 0.106. The molecule has 0 amide bonds. The molecule has 0 aromatic heterocycles. The number of aliphatic imine (C=N–C) groups is 1. The van der Waals surface area contributed by atoms with Gasteiger partial charge in [-0.05, 0) is 37.5 Å². The molecule has 0 bridgehead atoms. The highest BCUT2D eigenvalue weighted by atomic mass is 127. The maximum atomic E-state index is 12.0. The number of piperidine rings is 1. The van der Waals surface area contributed by atoms with E-state index < -0.39 is 10.0 Å². The van der Waals surface area contributed by atoms with E-state index in [4.69, 9.17) is 16.3 Å². The van der Waals surface area contributed by atoms with E-state index in [2.05, 4.69) is 15.6 Å². The first-order valence-corrected chi connectivity index (χ1v) is 11.1. The Balaban J connectivity index is 0.00000392. The maximum Gasteiger partial charge on any atom is 0.213 e. The number of sulfonamides is 1. The lowest BCUT2D eigenvalue weighted by atomic mass is 10.1. The fourth-order valence-electron chi connectivity index (χ4n) is 3.08. The predicted molar refractivity (Wildman–Crippen MR) is 125 cm³/mol. The van der Waals surface area contributed by atoms with Crippen molar-refractivity contribution in [1.29, 1.82) is 0 Å².